The number of nitrogens with zero attached hydrogens (tertiary/aromatic N) is 1. The van der Waals surface area contributed by atoms with E-state index in [1.165, 1.54) is 18.0 Å². The molecule has 0 aliphatic heterocycles. The maximum atomic E-state index is 10.8. The van der Waals surface area contributed by atoms with Crippen molar-refractivity contribution in [1.29, 1.82) is 0 Å². The van der Waals surface area contributed by atoms with Gasteiger partial charge in [0.05, 0.1) is 16.2 Å². The van der Waals surface area contributed by atoms with Gasteiger partial charge in [0, 0.05) is 0 Å². The Kier molecular flexibility index (Phi) is 3.62. The van der Waals surface area contributed by atoms with Crippen molar-refractivity contribution in [2.75, 3.05) is 5.75 Å². The Labute approximate surface area is 79.6 Å². The third-order valence-corrected chi connectivity index (χ3v) is 2.80. The van der Waals surface area contributed by atoms with Gasteiger partial charge in [-0.3, -0.25) is 4.98 Å². The van der Waals surface area contributed by atoms with Crippen LogP contribution in [-0.2, 0) is 0 Å². The van der Waals surface area contributed by atoms with Crippen LogP contribution in [0.5, 0.6) is 0 Å². The lowest BCUT2D eigenvalue weighted by Crippen LogP contribution is -2.09. The summed E-state index contributed by atoms with van der Waals surface area (Å²) >= 11 is 7.31. The fourth-order valence-electron chi connectivity index (χ4n) is 0.672. The first-order valence-electron chi connectivity index (χ1n) is 3.61. The molecule has 0 aliphatic carbocycles. The van der Waals surface area contributed by atoms with E-state index in [1.807, 2.05) is 0 Å². The number of rotatable bonds is 3. The van der Waals surface area contributed by atoms with E-state index in [-0.39, 0.29) is 5.69 Å². The molecule has 5 heteroatoms. The Morgan fingerprint density at radius 2 is 2.50 bits per heavy atom. The SMILES string of the molecule is CCCSc1[nH]c(=O)ncc1Cl. The van der Waals surface area contributed by atoms with Crippen molar-refractivity contribution in [2.45, 2.75) is 18.4 Å². The fourth-order valence-corrected chi connectivity index (χ4v) is 1.69. The van der Waals surface area contributed by atoms with Gasteiger partial charge in [0.15, 0.2) is 0 Å². The van der Waals surface area contributed by atoms with E-state index in [0.717, 1.165) is 12.2 Å². The van der Waals surface area contributed by atoms with Crippen molar-refractivity contribution >= 4 is 23.4 Å². The van der Waals surface area contributed by atoms with Crippen LogP contribution in [0, 0.1) is 0 Å². The zero-order valence-electron chi connectivity index (χ0n) is 6.63. The number of H-pyrrole nitrogens is 1. The van der Waals surface area contributed by atoms with Crippen LogP contribution in [0.1, 0.15) is 13.3 Å². The average Bonchev–Trinajstić information content (AvgIpc) is 2.07. The zero-order valence-corrected chi connectivity index (χ0v) is 8.21. The molecule has 1 rings (SSSR count). The Bertz CT molecular complexity index is 313. The highest BCUT2D eigenvalue weighted by Crippen LogP contribution is 2.22. The second-order valence-corrected chi connectivity index (χ2v) is 3.73. The van der Waals surface area contributed by atoms with Crippen LogP contribution in [0.4, 0.5) is 0 Å². The average molecular weight is 205 g/mol. The number of halogens is 1. The highest BCUT2D eigenvalue weighted by Gasteiger charge is 2.00. The summed E-state index contributed by atoms with van der Waals surface area (Å²) in [6, 6.07) is 0. The number of aromatic nitrogens is 2. The highest BCUT2D eigenvalue weighted by atomic mass is 35.5. The van der Waals surface area contributed by atoms with E-state index in [2.05, 4.69) is 16.9 Å². The quantitative estimate of drug-likeness (QED) is 0.605. The largest absolute Gasteiger partial charge is 0.345 e. The molecular weight excluding hydrogens is 196 g/mol. The molecule has 0 aliphatic rings. The smallest absolute Gasteiger partial charge is 0.299 e. The summed E-state index contributed by atoms with van der Waals surface area (Å²) < 4.78 is 0. The minimum Gasteiger partial charge on any atom is -0.299 e. The van der Waals surface area contributed by atoms with Gasteiger partial charge in [-0.2, -0.15) is 0 Å². The lowest BCUT2D eigenvalue weighted by atomic mass is 10.6. The molecule has 1 N–H and O–H groups in total. The number of hydrogen-bond acceptors (Lipinski definition) is 3. The molecule has 0 aromatic carbocycles. The van der Waals surface area contributed by atoms with Crippen LogP contribution in [0.15, 0.2) is 16.0 Å². The van der Waals surface area contributed by atoms with Gasteiger partial charge in [0.1, 0.15) is 0 Å². The van der Waals surface area contributed by atoms with Gasteiger partial charge in [0.2, 0.25) is 0 Å². The molecule has 66 valence electrons. The van der Waals surface area contributed by atoms with Crippen molar-refractivity contribution in [3.05, 3.63) is 21.7 Å². The lowest BCUT2D eigenvalue weighted by molar-refractivity contribution is 0.975. The number of nitrogens with one attached hydrogen (secondary N) is 1. The molecule has 12 heavy (non-hydrogen) atoms. The van der Waals surface area contributed by atoms with E-state index in [4.69, 9.17) is 11.6 Å². The molecule has 0 radical (unpaired) electrons. The summed E-state index contributed by atoms with van der Waals surface area (Å²) in [6.45, 7) is 2.07. The maximum Gasteiger partial charge on any atom is 0.345 e. The third kappa shape index (κ3) is 2.53. The number of thioether (sulfide) groups is 1. The molecular formula is C7H9ClN2OS. The van der Waals surface area contributed by atoms with E-state index in [1.54, 1.807) is 0 Å². The molecule has 1 heterocycles. The van der Waals surface area contributed by atoms with Crippen LogP contribution >= 0.6 is 23.4 Å². The summed E-state index contributed by atoms with van der Waals surface area (Å²) in [4.78, 5) is 16.8. The highest BCUT2D eigenvalue weighted by molar-refractivity contribution is 7.99. The molecule has 0 spiro atoms. The summed E-state index contributed by atoms with van der Waals surface area (Å²) in [5.74, 6) is 0.944. The summed E-state index contributed by atoms with van der Waals surface area (Å²) in [7, 11) is 0. The first-order valence-corrected chi connectivity index (χ1v) is 4.98. The normalized spacial score (nSPS) is 10.2. The second-order valence-electron chi connectivity index (χ2n) is 2.21. The van der Waals surface area contributed by atoms with Gasteiger partial charge in [-0.25, -0.2) is 9.78 Å². The summed E-state index contributed by atoms with van der Waals surface area (Å²) in [5.41, 5.74) is -0.349. The maximum absolute atomic E-state index is 10.8. The molecule has 1 aromatic rings. The van der Waals surface area contributed by atoms with Gasteiger partial charge >= 0.3 is 5.69 Å². The predicted molar refractivity (Wildman–Crippen MR) is 50.9 cm³/mol. The molecule has 0 amide bonds. The number of aromatic amines is 1. The molecule has 0 saturated heterocycles. The Balaban J connectivity index is 2.82. The monoisotopic (exact) mass is 204 g/mol. The van der Waals surface area contributed by atoms with Crippen molar-refractivity contribution in [2.24, 2.45) is 0 Å². The van der Waals surface area contributed by atoms with Crippen LogP contribution < -0.4 is 5.69 Å². The molecule has 0 unspecified atom stereocenters. The summed E-state index contributed by atoms with van der Waals surface area (Å²) in [5, 5.41) is 1.21. The predicted octanol–water partition coefficient (Wildman–Crippen LogP) is 1.93. The Morgan fingerprint density at radius 3 is 3.17 bits per heavy atom. The van der Waals surface area contributed by atoms with Crippen molar-refractivity contribution in [3.8, 4) is 0 Å². The first kappa shape index (κ1) is 9.61. The minimum absolute atomic E-state index is 0.349. The van der Waals surface area contributed by atoms with Gasteiger partial charge in [-0.1, -0.05) is 18.5 Å². The fraction of sp³-hybridized carbons (Fsp3) is 0.429. The minimum atomic E-state index is -0.349. The van der Waals surface area contributed by atoms with Gasteiger partial charge < -0.3 is 0 Å². The van der Waals surface area contributed by atoms with Gasteiger partial charge in [-0.15, -0.1) is 11.8 Å². The van der Waals surface area contributed by atoms with Crippen LogP contribution in [0.2, 0.25) is 5.02 Å². The standard InChI is InChI=1S/C7H9ClN2OS/c1-2-3-12-6-5(8)4-9-7(11)10-6/h4H,2-3H2,1H3,(H,9,10,11). The van der Waals surface area contributed by atoms with Crippen LogP contribution in [0.3, 0.4) is 0 Å². The molecule has 0 atom stereocenters. The van der Waals surface area contributed by atoms with E-state index >= 15 is 0 Å². The van der Waals surface area contributed by atoms with Crippen molar-refractivity contribution in [3.63, 3.8) is 0 Å². The molecule has 0 saturated carbocycles. The van der Waals surface area contributed by atoms with Crippen molar-refractivity contribution in [1.82, 2.24) is 9.97 Å². The zero-order chi connectivity index (χ0) is 8.97. The topological polar surface area (TPSA) is 45.8 Å². The second kappa shape index (κ2) is 4.52. The number of hydrogen-bond donors (Lipinski definition) is 1. The van der Waals surface area contributed by atoms with Crippen molar-refractivity contribution < 1.29 is 0 Å². The van der Waals surface area contributed by atoms with Gasteiger partial charge in [0.25, 0.3) is 0 Å². The molecule has 1 aromatic heterocycles. The third-order valence-electron chi connectivity index (χ3n) is 1.18. The lowest BCUT2D eigenvalue weighted by Gasteiger charge is -1.99. The molecule has 0 fully saturated rings. The van der Waals surface area contributed by atoms with Crippen LogP contribution in [-0.4, -0.2) is 15.7 Å². The Hall–Kier alpha value is -0.480. The van der Waals surface area contributed by atoms with E-state index < -0.39 is 0 Å². The first-order chi connectivity index (χ1) is 5.74. The Morgan fingerprint density at radius 1 is 1.75 bits per heavy atom. The molecule has 3 nitrogen and oxygen atoms in total. The van der Waals surface area contributed by atoms with E-state index in [0.29, 0.717) is 10.0 Å². The molecule has 0 bridgehead atoms. The van der Waals surface area contributed by atoms with Crippen LogP contribution in [0.25, 0.3) is 0 Å². The van der Waals surface area contributed by atoms with Gasteiger partial charge in [-0.05, 0) is 12.2 Å². The van der Waals surface area contributed by atoms with E-state index in [9.17, 15) is 4.79 Å². The summed E-state index contributed by atoms with van der Waals surface area (Å²) in [6.07, 6.45) is 2.42.